The molecule has 2 N–H and O–H groups in total. The Balaban J connectivity index is 2.29. The van der Waals surface area contributed by atoms with Gasteiger partial charge < -0.3 is 5.73 Å². The predicted octanol–water partition coefficient (Wildman–Crippen LogP) is 3.61. The number of nitrogen functional groups attached to an aromatic ring is 1. The van der Waals surface area contributed by atoms with Crippen LogP contribution in [0.5, 0.6) is 0 Å². The second kappa shape index (κ2) is 5.01. The molecule has 0 unspecified atom stereocenters. The zero-order chi connectivity index (χ0) is 15.0. The number of anilines is 1. The molecule has 0 saturated carbocycles. The summed E-state index contributed by atoms with van der Waals surface area (Å²) >= 11 is 0. The van der Waals surface area contributed by atoms with Gasteiger partial charge in [-0.05, 0) is 35.4 Å². The summed E-state index contributed by atoms with van der Waals surface area (Å²) in [6, 6.07) is 10.8. The van der Waals surface area contributed by atoms with Gasteiger partial charge in [0.05, 0.1) is 5.69 Å². The molecule has 2 aromatic carbocycles. The molecule has 0 radical (unpaired) electrons. The second-order valence-electron chi connectivity index (χ2n) is 4.77. The van der Waals surface area contributed by atoms with Gasteiger partial charge in [0.25, 0.3) is 0 Å². The molecule has 0 bridgehead atoms. The van der Waals surface area contributed by atoms with E-state index in [1.165, 1.54) is 6.07 Å². The van der Waals surface area contributed by atoms with E-state index in [1.54, 1.807) is 48.3 Å². The summed E-state index contributed by atoms with van der Waals surface area (Å²) < 4.78 is 29.5. The van der Waals surface area contributed by atoms with Crippen molar-refractivity contribution in [2.45, 2.75) is 0 Å². The number of nitrogens with zero attached hydrogens (tertiary/aromatic N) is 2. The molecular weight excluding hydrogens is 272 g/mol. The summed E-state index contributed by atoms with van der Waals surface area (Å²) in [7, 11) is 1.71. The minimum atomic E-state index is -0.620. The van der Waals surface area contributed by atoms with Crippen molar-refractivity contribution in [2.75, 3.05) is 5.73 Å². The van der Waals surface area contributed by atoms with Crippen LogP contribution in [0.15, 0.2) is 48.7 Å². The first-order chi connectivity index (χ1) is 10.1. The van der Waals surface area contributed by atoms with Crippen LogP contribution in [0, 0.1) is 11.6 Å². The zero-order valence-corrected chi connectivity index (χ0v) is 11.3. The standard InChI is InChI=1S/C16H13F2N3/c1-21-15(6-7-20-21)16-13(8-11(17)9-14(16)18)10-2-4-12(19)5-3-10/h2-9H,19H2,1H3. The van der Waals surface area contributed by atoms with Crippen LogP contribution < -0.4 is 5.73 Å². The number of hydrogen-bond acceptors (Lipinski definition) is 2. The maximum absolute atomic E-state index is 14.3. The highest BCUT2D eigenvalue weighted by Crippen LogP contribution is 2.35. The summed E-state index contributed by atoms with van der Waals surface area (Å²) in [5.41, 5.74) is 8.32. The van der Waals surface area contributed by atoms with E-state index in [1.807, 2.05) is 0 Å². The van der Waals surface area contributed by atoms with Gasteiger partial charge in [-0.3, -0.25) is 4.68 Å². The molecule has 106 valence electrons. The van der Waals surface area contributed by atoms with Crippen LogP contribution in [0.3, 0.4) is 0 Å². The highest BCUT2D eigenvalue weighted by molar-refractivity contribution is 5.83. The van der Waals surface area contributed by atoms with Gasteiger partial charge in [-0.15, -0.1) is 0 Å². The van der Waals surface area contributed by atoms with E-state index < -0.39 is 11.6 Å². The van der Waals surface area contributed by atoms with Gasteiger partial charge in [-0.25, -0.2) is 8.78 Å². The third-order valence-electron chi connectivity index (χ3n) is 3.35. The Hall–Kier alpha value is -2.69. The summed E-state index contributed by atoms with van der Waals surface area (Å²) in [6.45, 7) is 0. The Kier molecular flexibility index (Phi) is 3.17. The van der Waals surface area contributed by atoms with Crippen molar-refractivity contribution in [2.24, 2.45) is 7.05 Å². The predicted molar refractivity (Wildman–Crippen MR) is 78.4 cm³/mol. The van der Waals surface area contributed by atoms with E-state index in [4.69, 9.17) is 5.73 Å². The Labute approximate surface area is 120 Å². The first kappa shape index (κ1) is 13.3. The van der Waals surface area contributed by atoms with E-state index >= 15 is 0 Å². The molecule has 3 aromatic rings. The largest absolute Gasteiger partial charge is 0.399 e. The van der Waals surface area contributed by atoms with Crippen LogP contribution >= 0.6 is 0 Å². The van der Waals surface area contributed by atoms with Crippen LogP contribution in [0.1, 0.15) is 0 Å². The van der Waals surface area contributed by atoms with Crippen LogP contribution in [0.2, 0.25) is 0 Å². The van der Waals surface area contributed by atoms with E-state index in [9.17, 15) is 8.78 Å². The maximum Gasteiger partial charge on any atom is 0.136 e. The molecule has 21 heavy (non-hydrogen) atoms. The fourth-order valence-corrected chi connectivity index (χ4v) is 2.34. The van der Waals surface area contributed by atoms with E-state index in [0.29, 0.717) is 28.1 Å². The molecular formula is C16H13F2N3. The fourth-order valence-electron chi connectivity index (χ4n) is 2.34. The number of halogens is 2. The lowest BCUT2D eigenvalue weighted by Gasteiger charge is -2.12. The first-order valence-electron chi connectivity index (χ1n) is 6.39. The number of nitrogens with two attached hydrogens (primary N) is 1. The Morgan fingerprint density at radius 2 is 1.76 bits per heavy atom. The number of benzene rings is 2. The number of aryl methyl sites for hydroxylation is 1. The lowest BCUT2D eigenvalue weighted by atomic mass is 9.96. The number of aromatic nitrogens is 2. The normalized spacial score (nSPS) is 10.8. The molecule has 0 aliphatic rings. The molecule has 3 rings (SSSR count). The van der Waals surface area contributed by atoms with Gasteiger partial charge in [0.2, 0.25) is 0 Å². The minimum Gasteiger partial charge on any atom is -0.399 e. The molecule has 0 saturated heterocycles. The zero-order valence-electron chi connectivity index (χ0n) is 11.3. The molecule has 5 heteroatoms. The first-order valence-corrected chi connectivity index (χ1v) is 6.39. The fraction of sp³-hybridized carbons (Fsp3) is 0.0625. The average molecular weight is 285 g/mol. The van der Waals surface area contributed by atoms with Crippen molar-refractivity contribution in [3.05, 3.63) is 60.3 Å². The molecule has 1 aromatic heterocycles. The van der Waals surface area contributed by atoms with Crippen molar-refractivity contribution in [3.63, 3.8) is 0 Å². The third kappa shape index (κ3) is 2.38. The second-order valence-corrected chi connectivity index (χ2v) is 4.77. The number of rotatable bonds is 2. The highest BCUT2D eigenvalue weighted by Gasteiger charge is 2.17. The lowest BCUT2D eigenvalue weighted by molar-refractivity contribution is 0.585. The number of hydrogen-bond donors (Lipinski definition) is 1. The Morgan fingerprint density at radius 3 is 2.38 bits per heavy atom. The summed E-state index contributed by atoms with van der Waals surface area (Å²) in [5, 5.41) is 4.04. The summed E-state index contributed by atoms with van der Waals surface area (Å²) in [4.78, 5) is 0. The van der Waals surface area contributed by atoms with Gasteiger partial charge >= 0.3 is 0 Å². The summed E-state index contributed by atoms with van der Waals surface area (Å²) in [5.74, 6) is -1.24. The molecule has 0 amide bonds. The van der Waals surface area contributed by atoms with E-state index in [0.717, 1.165) is 6.07 Å². The molecule has 3 nitrogen and oxygen atoms in total. The van der Waals surface area contributed by atoms with Gasteiger partial charge in [0.1, 0.15) is 11.6 Å². The van der Waals surface area contributed by atoms with Gasteiger partial charge in [-0.2, -0.15) is 5.10 Å². The smallest absolute Gasteiger partial charge is 0.136 e. The maximum atomic E-state index is 14.3. The van der Waals surface area contributed by atoms with E-state index in [-0.39, 0.29) is 0 Å². The monoisotopic (exact) mass is 285 g/mol. The lowest BCUT2D eigenvalue weighted by Crippen LogP contribution is -1.99. The summed E-state index contributed by atoms with van der Waals surface area (Å²) in [6.07, 6.45) is 1.57. The molecule has 0 fully saturated rings. The van der Waals surface area contributed by atoms with Crippen molar-refractivity contribution >= 4 is 5.69 Å². The van der Waals surface area contributed by atoms with Crippen molar-refractivity contribution < 1.29 is 8.78 Å². The molecule has 0 aliphatic carbocycles. The SMILES string of the molecule is Cn1nccc1-c1c(F)cc(F)cc1-c1ccc(N)cc1. The van der Waals surface area contributed by atoms with Crippen molar-refractivity contribution in [1.82, 2.24) is 9.78 Å². The topological polar surface area (TPSA) is 43.8 Å². The molecule has 0 aliphatic heterocycles. The van der Waals surface area contributed by atoms with Crippen molar-refractivity contribution in [3.8, 4) is 22.4 Å². The molecule has 0 atom stereocenters. The van der Waals surface area contributed by atoms with E-state index in [2.05, 4.69) is 5.10 Å². The van der Waals surface area contributed by atoms with Crippen LogP contribution in [0.25, 0.3) is 22.4 Å². The third-order valence-corrected chi connectivity index (χ3v) is 3.35. The van der Waals surface area contributed by atoms with Gasteiger partial charge in [-0.1, -0.05) is 12.1 Å². The Bertz CT molecular complexity index is 792. The Morgan fingerprint density at radius 1 is 1.05 bits per heavy atom. The molecule has 0 spiro atoms. The van der Waals surface area contributed by atoms with Gasteiger partial charge in [0.15, 0.2) is 0 Å². The quantitative estimate of drug-likeness (QED) is 0.731. The average Bonchev–Trinajstić information content (AvgIpc) is 2.85. The van der Waals surface area contributed by atoms with Crippen LogP contribution in [-0.2, 0) is 7.05 Å². The minimum absolute atomic E-state index is 0.321. The van der Waals surface area contributed by atoms with Crippen LogP contribution in [-0.4, -0.2) is 9.78 Å². The van der Waals surface area contributed by atoms with Crippen molar-refractivity contribution in [1.29, 1.82) is 0 Å². The molecule has 1 heterocycles. The van der Waals surface area contributed by atoms with Crippen LogP contribution in [0.4, 0.5) is 14.5 Å². The highest BCUT2D eigenvalue weighted by atomic mass is 19.1. The van der Waals surface area contributed by atoms with Gasteiger partial charge in [0, 0.05) is 30.6 Å².